The van der Waals surface area contributed by atoms with Gasteiger partial charge in [0, 0.05) is 17.9 Å². The van der Waals surface area contributed by atoms with Crippen molar-refractivity contribution in [3.8, 4) is 0 Å². The zero-order chi connectivity index (χ0) is 23.8. The Kier molecular flexibility index (Phi) is 5.93. The van der Waals surface area contributed by atoms with E-state index in [-0.39, 0.29) is 28.3 Å². The summed E-state index contributed by atoms with van der Waals surface area (Å²) in [6.07, 6.45) is 0.563. The van der Waals surface area contributed by atoms with E-state index in [4.69, 9.17) is 4.55 Å². The number of nitrogens with one attached hydrogen (secondary N) is 3. The lowest BCUT2D eigenvalue weighted by molar-refractivity contribution is 0.0664. The number of anilines is 4. The fourth-order valence-corrected chi connectivity index (χ4v) is 3.91. The summed E-state index contributed by atoms with van der Waals surface area (Å²) in [6.45, 7) is 0.291. The molecule has 2 amide bonds. The van der Waals surface area contributed by atoms with Gasteiger partial charge in [-0.05, 0) is 48.6 Å². The van der Waals surface area contributed by atoms with E-state index in [1.165, 1.54) is 41.3 Å². The quantitative estimate of drug-likeness (QED) is 0.216. The minimum absolute atomic E-state index is 0.0191. The molecular formula is C19H17N6O6PS. The molecule has 12 nitrogen and oxygen atoms in total. The molecule has 1 unspecified atom stereocenters. The molecule has 0 bridgehead atoms. The average Bonchev–Trinajstić information content (AvgIpc) is 2.98. The van der Waals surface area contributed by atoms with Gasteiger partial charge in [-0.3, -0.25) is 24.0 Å². The second-order valence-electron chi connectivity index (χ2n) is 6.89. The summed E-state index contributed by atoms with van der Waals surface area (Å²) in [5.41, 5.74) is 0.617. The average molecular weight is 488 g/mol. The van der Waals surface area contributed by atoms with Gasteiger partial charge in [-0.25, -0.2) is 4.79 Å². The van der Waals surface area contributed by atoms with Gasteiger partial charge in [0.2, 0.25) is 11.9 Å². The van der Waals surface area contributed by atoms with Crippen LogP contribution in [0, 0.1) is 0 Å². The predicted octanol–water partition coefficient (Wildman–Crippen LogP) is 1.37. The first kappa shape index (κ1) is 22.5. The van der Waals surface area contributed by atoms with Crippen LogP contribution in [0.3, 0.4) is 0 Å². The van der Waals surface area contributed by atoms with Crippen molar-refractivity contribution in [2.75, 3.05) is 23.3 Å². The molecule has 0 saturated heterocycles. The first-order valence-electron chi connectivity index (χ1n) is 9.46. The van der Waals surface area contributed by atoms with Crippen LogP contribution in [0.25, 0.3) is 0 Å². The number of nitrogens with zero attached hydrogens (tertiary/aromatic N) is 3. The summed E-state index contributed by atoms with van der Waals surface area (Å²) in [5, 5.41) is 5.62. The number of carbonyl (C=O) groups excluding carboxylic acids is 2. The summed E-state index contributed by atoms with van der Waals surface area (Å²) in [7, 11) is -1.86. The van der Waals surface area contributed by atoms with Crippen molar-refractivity contribution in [3.63, 3.8) is 0 Å². The van der Waals surface area contributed by atoms with Gasteiger partial charge in [0.05, 0.1) is 16.0 Å². The Morgan fingerprint density at radius 3 is 2.27 bits per heavy atom. The van der Waals surface area contributed by atoms with Crippen molar-refractivity contribution in [2.45, 2.75) is 4.90 Å². The van der Waals surface area contributed by atoms with Gasteiger partial charge in [0.15, 0.2) is 0 Å². The van der Waals surface area contributed by atoms with Crippen molar-refractivity contribution in [1.82, 2.24) is 19.9 Å². The highest BCUT2D eigenvalue weighted by Gasteiger charge is 2.34. The molecule has 14 heteroatoms. The Morgan fingerprint density at radius 2 is 1.61 bits per heavy atom. The molecule has 1 aliphatic rings. The number of hydrogen-bond acceptors (Lipinski definition) is 9. The zero-order valence-electron chi connectivity index (χ0n) is 16.8. The highest BCUT2D eigenvalue weighted by Crippen LogP contribution is 2.27. The van der Waals surface area contributed by atoms with Gasteiger partial charge in [-0.2, -0.15) is 18.4 Å². The van der Waals surface area contributed by atoms with Crippen LogP contribution in [0.5, 0.6) is 0 Å². The smallest absolute Gasteiger partial charge is 0.326 e. The van der Waals surface area contributed by atoms with Crippen LogP contribution in [-0.4, -0.2) is 57.3 Å². The molecule has 3 aromatic rings. The van der Waals surface area contributed by atoms with Gasteiger partial charge in [-0.1, -0.05) is 0 Å². The standard InChI is InChI=1S/C19H17N6O6PS/c26-15-13-6-3-11(9-14(13)16(27)25(15)7-8-32)21-18-22-17(23-19(28)24-18)20-10-1-4-12(5-2-10)33(29,30)31/h1-6,9H,7-8,32H2,(H,29,30,31)(H3,20,21,22,23,24,28). The molecule has 4 N–H and O–H groups in total. The monoisotopic (exact) mass is 488 g/mol. The Hall–Kier alpha value is -3.67. The van der Waals surface area contributed by atoms with E-state index in [9.17, 15) is 22.8 Å². The van der Waals surface area contributed by atoms with Gasteiger partial charge in [-0.15, -0.1) is 9.24 Å². The summed E-state index contributed by atoms with van der Waals surface area (Å²) in [6, 6.07) is 9.68. The fraction of sp³-hybridized carbons (Fsp3) is 0.105. The third-order valence-corrected chi connectivity index (χ3v) is 5.77. The molecule has 1 aromatic heterocycles. The highest BCUT2D eigenvalue weighted by molar-refractivity contribution is 7.85. The Bertz CT molecular complexity index is 1420. The molecule has 33 heavy (non-hydrogen) atoms. The summed E-state index contributed by atoms with van der Waals surface area (Å²) < 4.78 is 31.3. The minimum atomic E-state index is -4.33. The van der Waals surface area contributed by atoms with Crippen LogP contribution in [-0.2, 0) is 10.1 Å². The topological polar surface area (TPSA) is 174 Å². The lowest BCUT2D eigenvalue weighted by Crippen LogP contribution is -2.31. The van der Waals surface area contributed by atoms with E-state index in [1.54, 1.807) is 6.07 Å². The lowest BCUT2D eigenvalue weighted by atomic mass is 10.1. The highest BCUT2D eigenvalue weighted by atomic mass is 32.2. The fourth-order valence-electron chi connectivity index (χ4n) is 3.18. The normalized spacial score (nSPS) is 13.2. The SMILES string of the molecule is O=C1c2ccc(Nc3nc(Nc4ccc(S(=O)(=O)O)cc4)nc(=O)[nH]3)cc2C(=O)N1CCP. The maximum atomic E-state index is 12.5. The first-order chi connectivity index (χ1) is 15.7. The maximum absolute atomic E-state index is 12.5. The van der Waals surface area contributed by atoms with E-state index in [2.05, 4.69) is 34.8 Å². The van der Waals surface area contributed by atoms with Crippen LogP contribution in [0.15, 0.2) is 52.2 Å². The number of imide groups is 1. The molecule has 0 aliphatic carbocycles. The predicted molar refractivity (Wildman–Crippen MR) is 122 cm³/mol. The number of rotatable bonds is 7. The third kappa shape index (κ3) is 4.75. The van der Waals surface area contributed by atoms with Crippen LogP contribution < -0.4 is 16.3 Å². The first-order valence-corrected chi connectivity index (χ1v) is 11.7. The summed E-state index contributed by atoms with van der Waals surface area (Å²) in [4.78, 5) is 48.0. The lowest BCUT2D eigenvalue weighted by Gasteiger charge is -2.11. The molecular weight excluding hydrogens is 471 g/mol. The molecule has 4 rings (SSSR count). The zero-order valence-corrected chi connectivity index (χ0v) is 18.7. The number of H-pyrrole nitrogens is 1. The molecule has 1 atom stereocenters. The van der Waals surface area contributed by atoms with Crippen molar-refractivity contribution in [3.05, 3.63) is 64.1 Å². The molecule has 0 fully saturated rings. The molecule has 0 saturated carbocycles. The Morgan fingerprint density at radius 1 is 0.939 bits per heavy atom. The summed E-state index contributed by atoms with van der Waals surface area (Å²) >= 11 is 0. The molecule has 2 aromatic carbocycles. The molecule has 1 aliphatic heterocycles. The maximum Gasteiger partial charge on any atom is 0.351 e. The van der Waals surface area contributed by atoms with Gasteiger partial charge in [0.25, 0.3) is 21.9 Å². The van der Waals surface area contributed by atoms with Gasteiger partial charge >= 0.3 is 5.69 Å². The number of aromatic nitrogens is 3. The largest absolute Gasteiger partial charge is 0.351 e. The van der Waals surface area contributed by atoms with Gasteiger partial charge < -0.3 is 10.6 Å². The number of carbonyl (C=O) groups is 2. The minimum Gasteiger partial charge on any atom is -0.326 e. The van der Waals surface area contributed by atoms with E-state index < -0.39 is 21.7 Å². The van der Waals surface area contributed by atoms with Gasteiger partial charge in [0.1, 0.15) is 0 Å². The molecule has 2 heterocycles. The van der Waals surface area contributed by atoms with Crippen molar-refractivity contribution in [2.24, 2.45) is 0 Å². The van der Waals surface area contributed by atoms with E-state index in [1.807, 2.05) is 0 Å². The second-order valence-corrected chi connectivity index (χ2v) is 8.89. The number of benzene rings is 2. The van der Waals surface area contributed by atoms with Crippen LogP contribution in [0.1, 0.15) is 20.7 Å². The molecule has 170 valence electrons. The Balaban J connectivity index is 1.56. The second kappa shape index (κ2) is 8.70. The molecule has 0 radical (unpaired) electrons. The Labute approximate surface area is 189 Å². The number of hydrogen-bond donors (Lipinski definition) is 4. The number of aromatic amines is 1. The van der Waals surface area contributed by atoms with Crippen molar-refractivity contribution in [1.29, 1.82) is 0 Å². The van der Waals surface area contributed by atoms with E-state index in [0.717, 1.165) is 0 Å². The number of amides is 2. The number of fused-ring (bicyclic) bond motifs is 1. The van der Waals surface area contributed by atoms with E-state index >= 15 is 0 Å². The van der Waals surface area contributed by atoms with Crippen molar-refractivity contribution < 1.29 is 22.6 Å². The van der Waals surface area contributed by atoms with Crippen LogP contribution in [0.4, 0.5) is 23.3 Å². The van der Waals surface area contributed by atoms with Crippen LogP contribution in [0.2, 0.25) is 0 Å². The van der Waals surface area contributed by atoms with Crippen molar-refractivity contribution >= 4 is 54.4 Å². The summed E-state index contributed by atoms with van der Waals surface area (Å²) in [5.74, 6) is -0.815. The van der Waals surface area contributed by atoms with E-state index in [0.29, 0.717) is 29.6 Å². The van der Waals surface area contributed by atoms with Crippen LogP contribution >= 0.6 is 9.24 Å². The molecule has 0 spiro atoms. The third-order valence-electron chi connectivity index (χ3n) is 4.64.